The van der Waals surface area contributed by atoms with Crippen molar-refractivity contribution in [1.29, 1.82) is 0 Å². The lowest BCUT2D eigenvalue weighted by Gasteiger charge is -2.10. The van der Waals surface area contributed by atoms with E-state index < -0.39 is 24.5 Å². The van der Waals surface area contributed by atoms with Crippen LogP contribution in [0.25, 0.3) is 0 Å². The maximum atomic E-state index is 11.7. The quantitative estimate of drug-likeness (QED) is 0.244. The largest absolute Gasteiger partial charge is 0.480 e. The first-order chi connectivity index (χ1) is 16.8. The molecule has 0 spiro atoms. The van der Waals surface area contributed by atoms with Crippen LogP contribution >= 0.6 is 0 Å². The van der Waals surface area contributed by atoms with Gasteiger partial charge in [0, 0.05) is 6.42 Å². The number of nitrogens with one attached hydrogen (secondary N) is 1. The molecule has 5 nitrogen and oxygen atoms in total. The number of amides is 1. The Hall–Kier alpha value is -2.14. The van der Waals surface area contributed by atoms with E-state index in [1.165, 1.54) is 0 Å². The maximum absolute atomic E-state index is 11.7. The molecular weight excluding hydrogens is 354 g/mol. The van der Waals surface area contributed by atoms with Gasteiger partial charge in [-0.15, -0.1) is 0 Å². The maximum Gasteiger partial charge on any atom is 0.328 e. The molecule has 0 aliphatic carbocycles. The predicted octanol–water partition coefficient (Wildman–Crippen LogP) is 4.69. The molecule has 0 unspecified atom stereocenters. The highest BCUT2D eigenvalue weighted by Gasteiger charge is 2.17. The highest BCUT2D eigenvalue weighted by Crippen LogP contribution is 2.01. The number of aliphatic carboxylic acids is 1. The van der Waals surface area contributed by atoms with Gasteiger partial charge in [-0.1, -0.05) is 68.2 Å². The third-order valence-corrected chi connectivity index (χ3v) is 3.46. The lowest BCUT2D eigenvalue weighted by Crippen LogP contribution is -2.43. The molecule has 3 N–H and O–H groups in total. The number of aliphatic hydroxyl groups excluding tert-OH is 1. The summed E-state index contributed by atoms with van der Waals surface area (Å²) in [5.41, 5.74) is 0. The van der Waals surface area contributed by atoms with Gasteiger partial charge >= 0.3 is 5.97 Å². The molecule has 0 fully saturated rings. The topological polar surface area (TPSA) is 86.6 Å². The van der Waals surface area contributed by atoms with Crippen LogP contribution in [0.5, 0.6) is 0 Å². The van der Waals surface area contributed by atoms with Crippen LogP contribution in [0.1, 0.15) is 82.1 Å². The monoisotopic (exact) mass is 399 g/mol. The molecule has 0 heterocycles. The Balaban J connectivity index is 4.95. The highest BCUT2D eigenvalue weighted by atomic mass is 16.4. The summed E-state index contributed by atoms with van der Waals surface area (Å²) in [6.45, 7) is 1.28. The number of carbonyl (C=O) groups excluding carboxylic acids is 1. The Morgan fingerprint density at radius 1 is 0.893 bits per heavy atom. The molecular formula is C23H37NO4. The molecule has 1 atom stereocenters. The van der Waals surface area contributed by atoms with Gasteiger partial charge in [0.05, 0.1) is 17.6 Å². The van der Waals surface area contributed by atoms with Crippen LogP contribution in [0.15, 0.2) is 48.4 Å². The minimum Gasteiger partial charge on any atom is -0.480 e. The SMILES string of the molecule is [2H]C(CCCCC)=C([2H])CC([2H])=C([2H])C/C([2H])=C(/[2H])C/C([2H])=C(/[2H])CCCC(=O)N[C@@H](CO)C(=O)O. The number of rotatable bonds is 17. The summed E-state index contributed by atoms with van der Waals surface area (Å²) < 4.78 is 63.7. The second kappa shape index (κ2) is 19.6. The van der Waals surface area contributed by atoms with Crippen molar-refractivity contribution in [3.05, 3.63) is 48.4 Å². The summed E-state index contributed by atoms with van der Waals surface area (Å²) in [5.74, 6) is -1.99. The van der Waals surface area contributed by atoms with Crippen LogP contribution in [0.4, 0.5) is 0 Å². The van der Waals surface area contributed by atoms with Crippen molar-refractivity contribution < 1.29 is 30.8 Å². The van der Waals surface area contributed by atoms with Gasteiger partial charge in [0.1, 0.15) is 6.04 Å². The minimum atomic E-state index is -1.41. The molecule has 0 rings (SSSR count). The molecule has 0 saturated carbocycles. The van der Waals surface area contributed by atoms with Crippen molar-refractivity contribution >= 4 is 11.9 Å². The Morgan fingerprint density at radius 2 is 1.39 bits per heavy atom. The van der Waals surface area contributed by atoms with E-state index in [0.29, 0.717) is 6.42 Å². The van der Waals surface area contributed by atoms with Crippen LogP contribution in [0.2, 0.25) is 0 Å². The van der Waals surface area contributed by atoms with Gasteiger partial charge in [0.2, 0.25) is 5.91 Å². The Kier molecular flexibility index (Phi) is 10.4. The van der Waals surface area contributed by atoms with Gasteiger partial charge in [0.15, 0.2) is 0 Å². The second-order valence-electron chi connectivity index (χ2n) is 5.90. The highest BCUT2D eigenvalue weighted by molar-refractivity contribution is 5.83. The summed E-state index contributed by atoms with van der Waals surface area (Å²) in [4.78, 5) is 22.5. The van der Waals surface area contributed by atoms with E-state index in [1.807, 2.05) is 6.92 Å². The number of allylic oxidation sites excluding steroid dienone is 8. The van der Waals surface area contributed by atoms with Crippen LogP contribution in [0, 0.1) is 0 Å². The Labute approximate surface area is 181 Å². The van der Waals surface area contributed by atoms with E-state index in [1.54, 1.807) is 0 Å². The summed E-state index contributed by atoms with van der Waals surface area (Å²) in [6.07, 6.45) is 2.38. The van der Waals surface area contributed by atoms with Gasteiger partial charge in [0.25, 0.3) is 0 Å². The van der Waals surface area contributed by atoms with E-state index >= 15 is 0 Å². The predicted molar refractivity (Wildman–Crippen MR) is 115 cm³/mol. The van der Waals surface area contributed by atoms with Gasteiger partial charge in [-0.2, -0.15) is 0 Å². The van der Waals surface area contributed by atoms with Gasteiger partial charge in [-0.05, 0) is 44.9 Å². The fourth-order valence-corrected chi connectivity index (χ4v) is 1.94. The second-order valence-corrected chi connectivity index (χ2v) is 5.90. The molecule has 1 amide bonds. The molecule has 0 aromatic carbocycles. The fourth-order valence-electron chi connectivity index (χ4n) is 1.94. The molecule has 0 aliphatic rings. The molecule has 158 valence electrons. The van der Waals surface area contributed by atoms with Crippen molar-refractivity contribution in [2.24, 2.45) is 0 Å². The Bertz CT molecular complexity index is 883. The molecule has 0 aromatic rings. The number of hydrogen-bond acceptors (Lipinski definition) is 3. The van der Waals surface area contributed by atoms with E-state index in [4.69, 9.17) is 21.2 Å². The van der Waals surface area contributed by atoms with Crippen LogP contribution in [-0.2, 0) is 9.59 Å². The average Bonchev–Trinajstić information content (AvgIpc) is 2.81. The molecule has 5 heteroatoms. The molecule has 0 saturated heterocycles. The first kappa shape index (κ1) is 14.8. The summed E-state index contributed by atoms with van der Waals surface area (Å²) in [6, 6.07) is -2.71. The standard InChI is InChI=1S/C23H37NO4/c1-2-3-4-5-6-7-8-9-10-11-12-13-14-15-16-17-18-19-22(26)24-21(20-25)23(27)28/h6-7,9-10,12-13,15-16,21,25H,2-5,8,11,14,17-20H2,1H3,(H,24,26)(H,27,28)/b7-6?,10-9?,13-12-,16-15-/t21-/m0/s1/i6D,7D,9D,10D,12D,13D,15D,16D. The molecule has 0 aliphatic heterocycles. The average molecular weight is 400 g/mol. The van der Waals surface area contributed by atoms with E-state index in [0.717, 1.165) is 19.3 Å². The third kappa shape index (κ3) is 17.3. The van der Waals surface area contributed by atoms with Crippen molar-refractivity contribution in [3.63, 3.8) is 0 Å². The zero-order valence-electron chi connectivity index (χ0n) is 24.6. The number of carboxylic acids is 1. The summed E-state index contributed by atoms with van der Waals surface area (Å²) in [7, 11) is 0. The lowest BCUT2D eigenvalue weighted by molar-refractivity contribution is -0.142. The lowest BCUT2D eigenvalue weighted by atomic mass is 10.2. The molecule has 28 heavy (non-hydrogen) atoms. The zero-order valence-corrected chi connectivity index (χ0v) is 16.6. The zero-order chi connectivity index (χ0) is 27.8. The summed E-state index contributed by atoms with van der Waals surface area (Å²) in [5, 5.41) is 19.8. The fraction of sp³-hybridized carbons (Fsp3) is 0.565. The van der Waals surface area contributed by atoms with Crippen molar-refractivity contribution in [2.75, 3.05) is 6.61 Å². The molecule has 0 radical (unpaired) electrons. The third-order valence-electron chi connectivity index (χ3n) is 3.46. The number of carbonyl (C=O) groups is 2. The van der Waals surface area contributed by atoms with E-state index in [-0.39, 0.29) is 86.9 Å². The van der Waals surface area contributed by atoms with E-state index in [2.05, 4.69) is 5.32 Å². The number of unbranched alkanes of at least 4 members (excludes halogenated alkanes) is 2. The summed E-state index contributed by atoms with van der Waals surface area (Å²) >= 11 is 0. The molecule has 0 bridgehead atoms. The van der Waals surface area contributed by atoms with Crippen molar-refractivity contribution in [1.82, 2.24) is 5.32 Å². The van der Waals surface area contributed by atoms with E-state index in [9.17, 15) is 9.59 Å². The normalized spacial score (nSPS) is 20.1. The van der Waals surface area contributed by atoms with Crippen molar-refractivity contribution in [3.8, 4) is 0 Å². The van der Waals surface area contributed by atoms with Gasteiger partial charge < -0.3 is 15.5 Å². The first-order valence-corrected chi connectivity index (χ1v) is 9.57. The van der Waals surface area contributed by atoms with Crippen molar-refractivity contribution in [2.45, 2.75) is 77.2 Å². The smallest absolute Gasteiger partial charge is 0.328 e. The Morgan fingerprint density at radius 3 is 1.86 bits per heavy atom. The number of carboxylic acid groups (broad SMARTS) is 1. The van der Waals surface area contributed by atoms with Crippen LogP contribution < -0.4 is 5.32 Å². The molecule has 0 aromatic heterocycles. The first-order valence-electron chi connectivity index (χ1n) is 13.6. The number of aliphatic hydroxyl groups is 1. The minimum absolute atomic E-state index is 0.0243. The van der Waals surface area contributed by atoms with Gasteiger partial charge in [-0.25, -0.2) is 4.79 Å². The van der Waals surface area contributed by atoms with Gasteiger partial charge in [-0.3, -0.25) is 4.79 Å². The van der Waals surface area contributed by atoms with Crippen LogP contribution in [0.3, 0.4) is 0 Å². The van der Waals surface area contributed by atoms with Crippen LogP contribution in [-0.4, -0.2) is 34.7 Å². The number of hydrogen-bond donors (Lipinski definition) is 3.